The SMILES string of the molecule is CCNC1CC2CCCC(C1)N2CCCOCCOC. The van der Waals surface area contributed by atoms with Gasteiger partial charge in [0.25, 0.3) is 0 Å². The molecule has 2 fully saturated rings. The second-order valence-electron chi connectivity index (χ2n) is 6.16. The molecule has 20 heavy (non-hydrogen) atoms. The lowest BCUT2D eigenvalue weighted by atomic mass is 9.81. The van der Waals surface area contributed by atoms with Crippen LogP contribution in [0.4, 0.5) is 0 Å². The van der Waals surface area contributed by atoms with Crippen molar-refractivity contribution in [2.45, 2.75) is 63.6 Å². The van der Waals surface area contributed by atoms with Gasteiger partial charge in [-0.1, -0.05) is 13.3 Å². The van der Waals surface area contributed by atoms with Crippen LogP contribution in [0.1, 0.15) is 45.4 Å². The highest BCUT2D eigenvalue weighted by Crippen LogP contribution is 2.34. The lowest BCUT2D eigenvalue weighted by Crippen LogP contribution is -2.56. The molecule has 1 N–H and O–H groups in total. The summed E-state index contributed by atoms with van der Waals surface area (Å²) in [5.74, 6) is 0. The van der Waals surface area contributed by atoms with Crippen molar-refractivity contribution in [1.82, 2.24) is 10.2 Å². The molecule has 2 rings (SSSR count). The highest BCUT2D eigenvalue weighted by molar-refractivity contribution is 4.94. The Labute approximate surface area is 124 Å². The molecule has 2 bridgehead atoms. The molecule has 0 spiro atoms. The third kappa shape index (κ3) is 4.69. The number of methoxy groups -OCH3 is 1. The first kappa shape index (κ1) is 16.2. The molecular weight excluding hydrogens is 252 g/mol. The molecule has 0 aromatic rings. The van der Waals surface area contributed by atoms with E-state index in [2.05, 4.69) is 17.1 Å². The van der Waals surface area contributed by atoms with Crippen LogP contribution in [0.15, 0.2) is 0 Å². The van der Waals surface area contributed by atoms with E-state index < -0.39 is 0 Å². The molecule has 4 heteroatoms. The molecule has 2 unspecified atom stereocenters. The lowest BCUT2D eigenvalue weighted by Gasteiger charge is -2.49. The second kappa shape index (κ2) is 8.98. The molecule has 2 aliphatic heterocycles. The highest BCUT2D eigenvalue weighted by atomic mass is 16.5. The van der Waals surface area contributed by atoms with Gasteiger partial charge in [0, 0.05) is 38.4 Å². The average molecular weight is 284 g/mol. The van der Waals surface area contributed by atoms with Gasteiger partial charge in [0.1, 0.15) is 0 Å². The van der Waals surface area contributed by atoms with Gasteiger partial charge in [0.05, 0.1) is 13.2 Å². The smallest absolute Gasteiger partial charge is 0.0700 e. The van der Waals surface area contributed by atoms with E-state index in [9.17, 15) is 0 Å². The van der Waals surface area contributed by atoms with E-state index in [1.165, 1.54) is 38.6 Å². The molecule has 0 saturated carbocycles. The van der Waals surface area contributed by atoms with Gasteiger partial charge in [-0.25, -0.2) is 0 Å². The monoisotopic (exact) mass is 284 g/mol. The molecule has 2 atom stereocenters. The summed E-state index contributed by atoms with van der Waals surface area (Å²) in [5, 5.41) is 3.66. The Kier molecular flexibility index (Phi) is 7.28. The van der Waals surface area contributed by atoms with Crippen LogP contribution in [0.25, 0.3) is 0 Å². The molecule has 0 aliphatic carbocycles. The van der Waals surface area contributed by atoms with Gasteiger partial charge in [-0.15, -0.1) is 0 Å². The molecule has 0 amide bonds. The fourth-order valence-corrected chi connectivity index (χ4v) is 3.89. The van der Waals surface area contributed by atoms with Crippen molar-refractivity contribution in [2.75, 3.05) is 40.0 Å². The van der Waals surface area contributed by atoms with Crippen LogP contribution in [-0.2, 0) is 9.47 Å². The maximum atomic E-state index is 5.58. The molecule has 0 radical (unpaired) electrons. The van der Waals surface area contributed by atoms with Gasteiger partial charge in [-0.3, -0.25) is 4.90 Å². The van der Waals surface area contributed by atoms with Crippen molar-refractivity contribution in [3.8, 4) is 0 Å². The molecule has 2 aliphatic rings. The first-order valence-corrected chi connectivity index (χ1v) is 8.41. The number of nitrogens with zero attached hydrogens (tertiary/aromatic N) is 1. The molecule has 2 heterocycles. The Bertz CT molecular complexity index is 249. The van der Waals surface area contributed by atoms with Crippen molar-refractivity contribution in [2.24, 2.45) is 0 Å². The quantitative estimate of drug-likeness (QED) is 0.657. The summed E-state index contributed by atoms with van der Waals surface area (Å²) in [6.45, 7) is 6.85. The Hall–Kier alpha value is -0.160. The molecule has 2 saturated heterocycles. The van der Waals surface area contributed by atoms with E-state index in [-0.39, 0.29) is 0 Å². The third-order valence-corrected chi connectivity index (χ3v) is 4.76. The summed E-state index contributed by atoms with van der Waals surface area (Å²) in [5.41, 5.74) is 0. The Morgan fingerprint density at radius 3 is 2.50 bits per heavy atom. The summed E-state index contributed by atoms with van der Waals surface area (Å²) in [4.78, 5) is 2.77. The summed E-state index contributed by atoms with van der Waals surface area (Å²) in [7, 11) is 1.72. The van der Waals surface area contributed by atoms with E-state index in [4.69, 9.17) is 9.47 Å². The number of fused-ring (bicyclic) bond motifs is 2. The third-order valence-electron chi connectivity index (χ3n) is 4.76. The molecule has 4 nitrogen and oxygen atoms in total. The zero-order valence-corrected chi connectivity index (χ0v) is 13.3. The zero-order chi connectivity index (χ0) is 14.2. The van der Waals surface area contributed by atoms with Crippen LogP contribution in [0.5, 0.6) is 0 Å². The number of hydrogen-bond acceptors (Lipinski definition) is 4. The lowest BCUT2D eigenvalue weighted by molar-refractivity contribution is 0.0122. The van der Waals surface area contributed by atoms with Crippen LogP contribution >= 0.6 is 0 Å². The van der Waals surface area contributed by atoms with Crippen LogP contribution in [0.3, 0.4) is 0 Å². The fraction of sp³-hybridized carbons (Fsp3) is 1.00. The van der Waals surface area contributed by atoms with Gasteiger partial charge in [-0.2, -0.15) is 0 Å². The van der Waals surface area contributed by atoms with Crippen LogP contribution < -0.4 is 5.32 Å². The molecular formula is C16H32N2O2. The summed E-state index contributed by atoms with van der Waals surface area (Å²) >= 11 is 0. The number of ether oxygens (including phenoxy) is 2. The Morgan fingerprint density at radius 2 is 1.85 bits per heavy atom. The minimum atomic E-state index is 0.708. The van der Waals surface area contributed by atoms with Gasteiger partial charge in [-0.05, 0) is 38.6 Å². The first-order chi connectivity index (χ1) is 9.85. The summed E-state index contributed by atoms with van der Waals surface area (Å²) in [6.07, 6.45) is 8.05. The summed E-state index contributed by atoms with van der Waals surface area (Å²) in [6, 6.07) is 2.38. The van der Waals surface area contributed by atoms with E-state index in [1.807, 2.05) is 0 Å². The zero-order valence-electron chi connectivity index (χ0n) is 13.3. The van der Waals surface area contributed by atoms with E-state index in [0.717, 1.165) is 44.3 Å². The second-order valence-corrected chi connectivity index (χ2v) is 6.16. The minimum Gasteiger partial charge on any atom is -0.382 e. The topological polar surface area (TPSA) is 33.7 Å². The van der Waals surface area contributed by atoms with Crippen molar-refractivity contribution in [3.05, 3.63) is 0 Å². The van der Waals surface area contributed by atoms with E-state index >= 15 is 0 Å². The van der Waals surface area contributed by atoms with Gasteiger partial charge in [0.15, 0.2) is 0 Å². The number of rotatable bonds is 9. The van der Waals surface area contributed by atoms with E-state index in [0.29, 0.717) is 6.61 Å². The van der Waals surface area contributed by atoms with E-state index in [1.54, 1.807) is 7.11 Å². The normalized spacial score (nSPS) is 30.6. The molecule has 0 aromatic heterocycles. The maximum Gasteiger partial charge on any atom is 0.0700 e. The van der Waals surface area contributed by atoms with Crippen LogP contribution in [0, 0.1) is 0 Å². The minimum absolute atomic E-state index is 0.708. The Balaban J connectivity index is 1.69. The van der Waals surface area contributed by atoms with Gasteiger partial charge < -0.3 is 14.8 Å². The first-order valence-electron chi connectivity index (χ1n) is 8.41. The predicted octanol–water partition coefficient (Wildman–Crippen LogP) is 2.03. The fourth-order valence-electron chi connectivity index (χ4n) is 3.89. The van der Waals surface area contributed by atoms with Crippen molar-refractivity contribution in [3.63, 3.8) is 0 Å². The molecule has 118 valence electrons. The number of piperidine rings is 2. The van der Waals surface area contributed by atoms with Crippen LogP contribution in [-0.4, -0.2) is 63.0 Å². The number of hydrogen-bond donors (Lipinski definition) is 1. The van der Waals surface area contributed by atoms with Gasteiger partial charge in [0.2, 0.25) is 0 Å². The van der Waals surface area contributed by atoms with Crippen molar-refractivity contribution in [1.29, 1.82) is 0 Å². The average Bonchev–Trinajstić information content (AvgIpc) is 2.43. The highest BCUT2D eigenvalue weighted by Gasteiger charge is 2.37. The number of nitrogens with one attached hydrogen (secondary N) is 1. The predicted molar refractivity (Wildman–Crippen MR) is 82.1 cm³/mol. The van der Waals surface area contributed by atoms with Gasteiger partial charge >= 0.3 is 0 Å². The standard InChI is InChI=1S/C16H32N2O2/c1-3-17-14-12-15-6-4-7-16(13-14)18(15)8-5-9-20-11-10-19-2/h14-17H,3-13H2,1-2H3. The van der Waals surface area contributed by atoms with Crippen LogP contribution in [0.2, 0.25) is 0 Å². The van der Waals surface area contributed by atoms with Crippen molar-refractivity contribution < 1.29 is 9.47 Å². The van der Waals surface area contributed by atoms with Crippen molar-refractivity contribution >= 4 is 0 Å². The largest absolute Gasteiger partial charge is 0.382 e. The molecule has 0 aromatic carbocycles. The summed E-state index contributed by atoms with van der Waals surface area (Å²) < 4.78 is 10.6. The Morgan fingerprint density at radius 1 is 1.10 bits per heavy atom. The maximum absolute atomic E-state index is 5.58.